The molecule has 0 saturated carbocycles. The Bertz CT molecular complexity index is 1340. The van der Waals surface area contributed by atoms with Gasteiger partial charge in [0.1, 0.15) is 11.9 Å². The summed E-state index contributed by atoms with van der Waals surface area (Å²) in [7, 11) is 4.12. The topological polar surface area (TPSA) is 95.3 Å². The summed E-state index contributed by atoms with van der Waals surface area (Å²) in [5.74, 6) is 1.34. The molecule has 2 bridgehead atoms. The number of amides is 1. The van der Waals surface area contributed by atoms with E-state index in [1.54, 1.807) is 6.08 Å². The van der Waals surface area contributed by atoms with Crippen molar-refractivity contribution >= 4 is 28.9 Å². The number of anilines is 1. The van der Waals surface area contributed by atoms with Gasteiger partial charge in [-0.25, -0.2) is 9.78 Å². The Hall–Kier alpha value is -3.24. The first-order valence-corrected chi connectivity index (χ1v) is 15.1. The molecule has 10 nitrogen and oxygen atoms in total. The van der Waals surface area contributed by atoms with Crippen molar-refractivity contribution in [3.05, 3.63) is 41.7 Å². The van der Waals surface area contributed by atoms with E-state index in [-0.39, 0.29) is 42.0 Å². The van der Waals surface area contributed by atoms with Crippen molar-refractivity contribution in [1.29, 1.82) is 0 Å². The summed E-state index contributed by atoms with van der Waals surface area (Å²) in [5.41, 5.74) is 3.77. The van der Waals surface area contributed by atoms with Crippen LogP contribution in [0.5, 0.6) is 0 Å². The van der Waals surface area contributed by atoms with Crippen LogP contribution >= 0.6 is 0 Å². The molecule has 10 heteroatoms. The molecule has 2 atom stereocenters. The van der Waals surface area contributed by atoms with E-state index in [0.29, 0.717) is 6.42 Å². The Kier molecular flexibility index (Phi) is 7.87. The molecule has 5 heterocycles. The number of carbonyl (C=O) groups is 2. The van der Waals surface area contributed by atoms with Crippen molar-refractivity contribution in [1.82, 2.24) is 29.3 Å². The fourth-order valence-corrected chi connectivity index (χ4v) is 6.71. The molecular weight excluding hydrogens is 518 g/mol. The molecule has 6 rings (SSSR count). The number of ketones is 1. The lowest BCUT2D eigenvalue weighted by Gasteiger charge is -2.42. The van der Waals surface area contributed by atoms with Gasteiger partial charge in [-0.3, -0.25) is 9.69 Å². The van der Waals surface area contributed by atoms with Gasteiger partial charge in [-0.1, -0.05) is 26.0 Å². The van der Waals surface area contributed by atoms with Crippen molar-refractivity contribution in [2.75, 3.05) is 45.6 Å². The van der Waals surface area contributed by atoms with Crippen molar-refractivity contribution < 1.29 is 14.3 Å². The molecule has 2 aromatic heterocycles. The average Bonchev–Trinajstić information content (AvgIpc) is 3.60. The number of aromatic nitrogens is 3. The second-order valence-corrected chi connectivity index (χ2v) is 12.7. The van der Waals surface area contributed by atoms with E-state index in [9.17, 15) is 9.59 Å². The standard InChI is InChI=1S/C31H43N7O3/c1-20(2)27-17-32-38-29(16-28(34-30(27)38)21-7-10-25(39)13-21)33-22-14-23-8-9-24(15-22)37(23)31(40)41-26-18-36(19-26)12-6-5-11-35(3)4/h5-6,13,16-17,20,22-24,26,33H,7-12,14-15,18-19H2,1-4H3/b6-5+. The van der Waals surface area contributed by atoms with E-state index >= 15 is 0 Å². The van der Waals surface area contributed by atoms with Gasteiger partial charge in [0.15, 0.2) is 11.4 Å². The normalized spacial score (nSPS) is 25.1. The predicted molar refractivity (Wildman–Crippen MR) is 159 cm³/mol. The first kappa shape index (κ1) is 27.9. The number of ether oxygens (including phenoxy) is 1. The van der Waals surface area contributed by atoms with Gasteiger partial charge < -0.3 is 19.9 Å². The zero-order chi connectivity index (χ0) is 28.7. The number of rotatable bonds is 9. The second kappa shape index (κ2) is 11.6. The Labute approximate surface area is 242 Å². The van der Waals surface area contributed by atoms with Gasteiger partial charge in [0, 0.05) is 62.4 Å². The van der Waals surface area contributed by atoms with E-state index in [4.69, 9.17) is 9.72 Å². The molecule has 1 aliphatic carbocycles. The highest BCUT2D eigenvalue weighted by Crippen LogP contribution is 2.38. The number of likely N-dealkylation sites (N-methyl/N-ethyl adjacent to an activating group) is 1. The van der Waals surface area contributed by atoms with Crippen molar-refractivity contribution in [2.45, 2.75) is 82.5 Å². The summed E-state index contributed by atoms with van der Waals surface area (Å²) in [6.45, 7) is 7.73. The van der Waals surface area contributed by atoms with Crippen LogP contribution in [0.3, 0.4) is 0 Å². The fraction of sp³-hybridized carbons (Fsp3) is 0.613. The number of piperidine rings is 1. The maximum absolute atomic E-state index is 13.2. The molecule has 1 amide bonds. The quantitative estimate of drug-likeness (QED) is 0.460. The number of hydrogen-bond donors (Lipinski definition) is 1. The third kappa shape index (κ3) is 5.90. The highest BCUT2D eigenvalue weighted by atomic mass is 16.6. The fourth-order valence-electron chi connectivity index (χ4n) is 6.71. The third-order valence-corrected chi connectivity index (χ3v) is 8.91. The summed E-state index contributed by atoms with van der Waals surface area (Å²) < 4.78 is 7.84. The maximum atomic E-state index is 13.2. The molecule has 41 heavy (non-hydrogen) atoms. The van der Waals surface area contributed by atoms with Crippen LogP contribution in [-0.2, 0) is 9.53 Å². The largest absolute Gasteiger partial charge is 0.443 e. The molecule has 3 saturated heterocycles. The molecule has 4 aliphatic rings. The molecule has 220 valence electrons. The number of nitrogens with one attached hydrogen (secondary N) is 1. The van der Waals surface area contributed by atoms with Crippen LogP contribution in [0, 0.1) is 0 Å². The minimum absolute atomic E-state index is 0.0183. The molecule has 0 aromatic carbocycles. The Balaban J connectivity index is 1.09. The average molecular weight is 562 g/mol. The summed E-state index contributed by atoms with van der Waals surface area (Å²) in [6, 6.07) is 2.61. The van der Waals surface area contributed by atoms with E-state index in [0.717, 1.165) is 86.6 Å². The minimum Gasteiger partial charge on any atom is -0.443 e. The zero-order valence-electron chi connectivity index (χ0n) is 24.8. The monoisotopic (exact) mass is 561 g/mol. The van der Waals surface area contributed by atoms with Crippen LogP contribution in [0.1, 0.15) is 69.5 Å². The van der Waals surface area contributed by atoms with Crippen molar-refractivity contribution in [3.63, 3.8) is 0 Å². The van der Waals surface area contributed by atoms with Crippen LogP contribution in [-0.4, -0.2) is 106 Å². The van der Waals surface area contributed by atoms with E-state index in [1.165, 1.54) is 0 Å². The molecule has 2 unspecified atom stereocenters. The molecule has 2 aromatic rings. The first-order chi connectivity index (χ1) is 19.7. The summed E-state index contributed by atoms with van der Waals surface area (Å²) in [4.78, 5) is 36.6. The van der Waals surface area contributed by atoms with Gasteiger partial charge >= 0.3 is 6.09 Å². The summed E-state index contributed by atoms with van der Waals surface area (Å²) in [6.07, 6.45) is 12.9. The van der Waals surface area contributed by atoms with Crippen LogP contribution in [0.25, 0.3) is 11.2 Å². The van der Waals surface area contributed by atoms with Gasteiger partial charge in [0.25, 0.3) is 0 Å². The Morgan fingerprint density at radius 2 is 1.93 bits per heavy atom. The lowest BCUT2D eigenvalue weighted by Crippen LogP contribution is -2.56. The molecule has 1 N–H and O–H groups in total. The molecule has 0 spiro atoms. The number of carbonyl (C=O) groups excluding carboxylic acids is 2. The lowest BCUT2D eigenvalue weighted by atomic mass is 9.97. The van der Waals surface area contributed by atoms with Crippen LogP contribution < -0.4 is 5.32 Å². The van der Waals surface area contributed by atoms with Crippen LogP contribution in [0.4, 0.5) is 10.6 Å². The van der Waals surface area contributed by atoms with Crippen LogP contribution in [0.2, 0.25) is 0 Å². The van der Waals surface area contributed by atoms with Gasteiger partial charge in [0.2, 0.25) is 0 Å². The number of likely N-dealkylation sites (tertiary alicyclic amines) is 1. The predicted octanol–water partition coefficient (Wildman–Crippen LogP) is 3.94. The maximum Gasteiger partial charge on any atom is 0.410 e. The molecule has 3 aliphatic heterocycles. The van der Waals surface area contributed by atoms with Gasteiger partial charge in [-0.15, -0.1) is 0 Å². The Morgan fingerprint density at radius 1 is 1.17 bits per heavy atom. The van der Waals surface area contributed by atoms with Crippen LogP contribution in [0.15, 0.2) is 30.5 Å². The second-order valence-electron chi connectivity index (χ2n) is 12.7. The highest BCUT2D eigenvalue weighted by Gasteiger charge is 2.45. The minimum atomic E-state index is -0.149. The Morgan fingerprint density at radius 3 is 2.59 bits per heavy atom. The van der Waals surface area contributed by atoms with E-state index < -0.39 is 0 Å². The van der Waals surface area contributed by atoms with Gasteiger partial charge in [0.05, 0.1) is 11.9 Å². The molecule has 0 radical (unpaired) electrons. The number of nitrogens with zero attached hydrogens (tertiary/aromatic N) is 6. The van der Waals surface area contributed by atoms with Crippen molar-refractivity contribution in [2.24, 2.45) is 0 Å². The zero-order valence-corrected chi connectivity index (χ0v) is 24.8. The van der Waals surface area contributed by atoms with Gasteiger partial charge in [-0.2, -0.15) is 9.61 Å². The van der Waals surface area contributed by atoms with Crippen molar-refractivity contribution in [3.8, 4) is 0 Å². The number of allylic oxidation sites excluding steroid dienone is 2. The SMILES string of the molecule is CC(C)c1cnn2c(NC3CC4CCC(C3)N4C(=O)OC3CN(C/C=C/CN(C)C)C3)cc(C3=CC(=O)CC3)nc12. The number of fused-ring (bicyclic) bond motifs is 3. The first-order valence-electron chi connectivity index (χ1n) is 15.1. The van der Waals surface area contributed by atoms with E-state index in [2.05, 4.69) is 60.3 Å². The lowest BCUT2D eigenvalue weighted by molar-refractivity contribution is -0.114. The third-order valence-electron chi connectivity index (χ3n) is 8.91. The summed E-state index contributed by atoms with van der Waals surface area (Å²) >= 11 is 0. The summed E-state index contributed by atoms with van der Waals surface area (Å²) in [5, 5.41) is 8.45. The van der Waals surface area contributed by atoms with E-state index in [1.807, 2.05) is 21.7 Å². The smallest absolute Gasteiger partial charge is 0.410 e. The highest BCUT2D eigenvalue weighted by molar-refractivity contribution is 6.01. The molecular formula is C31H43N7O3. The number of hydrogen-bond acceptors (Lipinski definition) is 8. The molecule has 3 fully saturated rings. The van der Waals surface area contributed by atoms with Gasteiger partial charge in [-0.05, 0) is 63.8 Å².